The summed E-state index contributed by atoms with van der Waals surface area (Å²) < 4.78 is 5.22. The molecule has 0 aliphatic carbocycles. The van der Waals surface area contributed by atoms with Crippen LogP contribution < -0.4 is 26.6 Å². The smallest absolute Gasteiger partial charge is 0.332 e. The highest BCUT2D eigenvalue weighted by molar-refractivity contribution is 6.68. The van der Waals surface area contributed by atoms with Gasteiger partial charge in [-0.3, -0.25) is 10.2 Å². The summed E-state index contributed by atoms with van der Waals surface area (Å²) in [5.41, 5.74) is 11.1. The zero-order valence-corrected chi connectivity index (χ0v) is 14.9. The molecule has 2 rings (SSSR count). The second-order valence-corrected chi connectivity index (χ2v) is 5.27. The fraction of sp³-hybridized carbons (Fsp3) is 0.111. The standard InChI is InChI=1S/C18H20N6O3/c1-12(21-24-18(19)26)16(23-22-13-8-4-3-5-9-13)17(25)20-14-10-6-7-11-15(14)27-2/h3-11,22H,1-2H3,(H,20,25)(H3,19,24,26). The van der Waals surface area contributed by atoms with Crippen LogP contribution in [-0.4, -0.2) is 30.5 Å². The number of urea groups is 1. The highest BCUT2D eigenvalue weighted by atomic mass is 16.5. The van der Waals surface area contributed by atoms with E-state index in [1.54, 1.807) is 36.4 Å². The number of hydrogen-bond donors (Lipinski definition) is 4. The van der Waals surface area contributed by atoms with Crippen LogP contribution in [0.5, 0.6) is 5.75 Å². The lowest BCUT2D eigenvalue weighted by molar-refractivity contribution is -0.110. The summed E-state index contributed by atoms with van der Waals surface area (Å²) in [5.74, 6) is -0.0541. The van der Waals surface area contributed by atoms with Crippen molar-refractivity contribution in [2.45, 2.75) is 6.92 Å². The first-order valence-corrected chi connectivity index (χ1v) is 7.94. The monoisotopic (exact) mass is 368 g/mol. The van der Waals surface area contributed by atoms with Gasteiger partial charge in [-0.1, -0.05) is 30.3 Å². The molecule has 2 aromatic carbocycles. The molecular formula is C18H20N6O3. The first-order chi connectivity index (χ1) is 13.0. The number of carbonyl (C=O) groups is 2. The quantitative estimate of drug-likeness (QED) is 0.440. The Kier molecular flexibility index (Phi) is 6.89. The molecule has 0 saturated heterocycles. The number of carbonyl (C=O) groups excluding carboxylic acids is 2. The lowest BCUT2D eigenvalue weighted by Gasteiger charge is -2.11. The Labute approximate surface area is 156 Å². The Hall–Kier alpha value is -3.88. The summed E-state index contributed by atoms with van der Waals surface area (Å²) in [6.07, 6.45) is 0. The van der Waals surface area contributed by atoms with Crippen LogP contribution in [-0.2, 0) is 4.79 Å². The second-order valence-electron chi connectivity index (χ2n) is 5.27. The minimum Gasteiger partial charge on any atom is -0.495 e. The van der Waals surface area contributed by atoms with Crippen molar-refractivity contribution < 1.29 is 14.3 Å². The molecule has 0 unspecified atom stereocenters. The Balaban J connectivity index is 2.28. The van der Waals surface area contributed by atoms with Gasteiger partial charge in [-0.15, -0.1) is 0 Å². The molecule has 5 N–H and O–H groups in total. The molecule has 0 fully saturated rings. The highest BCUT2D eigenvalue weighted by Crippen LogP contribution is 2.23. The van der Waals surface area contributed by atoms with Crippen LogP contribution in [0.1, 0.15) is 6.92 Å². The summed E-state index contributed by atoms with van der Waals surface area (Å²) in [7, 11) is 1.50. The molecular weight excluding hydrogens is 348 g/mol. The number of nitrogens with zero attached hydrogens (tertiary/aromatic N) is 2. The maximum Gasteiger partial charge on any atom is 0.332 e. The molecule has 0 radical (unpaired) electrons. The van der Waals surface area contributed by atoms with Gasteiger partial charge in [0.05, 0.1) is 24.2 Å². The van der Waals surface area contributed by atoms with E-state index in [1.165, 1.54) is 14.0 Å². The van der Waals surface area contributed by atoms with Gasteiger partial charge in [-0.2, -0.15) is 10.2 Å². The Morgan fingerprint density at radius 2 is 1.67 bits per heavy atom. The van der Waals surface area contributed by atoms with E-state index in [-0.39, 0.29) is 11.4 Å². The van der Waals surface area contributed by atoms with Crippen molar-refractivity contribution in [2.75, 3.05) is 17.9 Å². The second kappa shape index (κ2) is 9.56. The number of hydrogen-bond acceptors (Lipinski definition) is 6. The number of para-hydroxylation sites is 3. The van der Waals surface area contributed by atoms with Gasteiger partial charge >= 0.3 is 6.03 Å². The van der Waals surface area contributed by atoms with Crippen molar-refractivity contribution in [3.63, 3.8) is 0 Å². The Morgan fingerprint density at radius 3 is 2.33 bits per heavy atom. The summed E-state index contributed by atoms with van der Waals surface area (Å²) in [5, 5.41) is 10.6. The maximum atomic E-state index is 12.7. The van der Waals surface area contributed by atoms with Gasteiger partial charge in [0.2, 0.25) is 0 Å². The molecule has 2 aromatic rings. The van der Waals surface area contributed by atoms with Gasteiger partial charge in [0.25, 0.3) is 5.91 Å². The molecule has 9 nitrogen and oxygen atoms in total. The average Bonchev–Trinajstić information content (AvgIpc) is 2.67. The first-order valence-electron chi connectivity index (χ1n) is 7.94. The number of hydrazone groups is 2. The molecule has 0 aromatic heterocycles. The number of methoxy groups -OCH3 is 1. The lowest BCUT2D eigenvalue weighted by Crippen LogP contribution is -2.33. The Morgan fingerprint density at radius 1 is 1.00 bits per heavy atom. The lowest BCUT2D eigenvalue weighted by atomic mass is 10.2. The van der Waals surface area contributed by atoms with Gasteiger partial charge in [-0.05, 0) is 31.2 Å². The van der Waals surface area contributed by atoms with Crippen LogP contribution in [0.3, 0.4) is 0 Å². The van der Waals surface area contributed by atoms with Crippen LogP contribution in [0.2, 0.25) is 0 Å². The number of benzene rings is 2. The van der Waals surface area contributed by atoms with Crippen molar-refractivity contribution in [3.05, 3.63) is 54.6 Å². The number of amides is 3. The number of primary amides is 1. The topological polar surface area (TPSA) is 130 Å². The molecule has 0 aliphatic heterocycles. The summed E-state index contributed by atoms with van der Waals surface area (Å²) in [6, 6.07) is 15.2. The SMILES string of the molecule is COc1ccccc1NC(=O)C(=NNc1ccccc1)C(C)=NNC(N)=O. The molecule has 0 spiro atoms. The molecule has 0 aliphatic rings. The zero-order valence-electron chi connectivity index (χ0n) is 14.9. The fourth-order valence-corrected chi connectivity index (χ4v) is 2.05. The maximum absolute atomic E-state index is 12.7. The molecule has 3 amide bonds. The average molecular weight is 368 g/mol. The molecule has 0 atom stereocenters. The third kappa shape index (κ3) is 5.85. The van der Waals surface area contributed by atoms with Crippen molar-refractivity contribution in [1.29, 1.82) is 0 Å². The summed E-state index contributed by atoms with van der Waals surface area (Å²) in [6.45, 7) is 1.52. The zero-order chi connectivity index (χ0) is 19.6. The minimum absolute atomic E-state index is 0.0430. The third-order valence-corrected chi connectivity index (χ3v) is 3.32. The Bertz CT molecular complexity index is 864. The van der Waals surface area contributed by atoms with E-state index < -0.39 is 11.9 Å². The number of nitrogens with two attached hydrogens (primary N) is 1. The van der Waals surface area contributed by atoms with E-state index in [1.807, 2.05) is 18.2 Å². The normalized spacial score (nSPS) is 11.5. The van der Waals surface area contributed by atoms with E-state index in [2.05, 4.69) is 26.4 Å². The van der Waals surface area contributed by atoms with Crippen LogP contribution in [0, 0.1) is 0 Å². The summed E-state index contributed by atoms with van der Waals surface area (Å²) >= 11 is 0. The predicted molar refractivity (Wildman–Crippen MR) is 105 cm³/mol. The van der Waals surface area contributed by atoms with Crippen molar-refractivity contribution in [3.8, 4) is 5.75 Å². The van der Waals surface area contributed by atoms with Crippen molar-refractivity contribution in [2.24, 2.45) is 15.9 Å². The van der Waals surface area contributed by atoms with Gasteiger partial charge in [0, 0.05) is 0 Å². The van der Waals surface area contributed by atoms with Crippen LogP contribution in [0.15, 0.2) is 64.8 Å². The molecule has 9 heteroatoms. The van der Waals surface area contributed by atoms with Crippen LogP contribution >= 0.6 is 0 Å². The first kappa shape index (κ1) is 19.4. The molecule has 140 valence electrons. The van der Waals surface area contributed by atoms with E-state index in [0.29, 0.717) is 17.1 Å². The van der Waals surface area contributed by atoms with E-state index in [0.717, 1.165) is 0 Å². The third-order valence-electron chi connectivity index (χ3n) is 3.32. The van der Waals surface area contributed by atoms with E-state index >= 15 is 0 Å². The summed E-state index contributed by atoms with van der Waals surface area (Å²) in [4.78, 5) is 23.6. The molecule has 0 heterocycles. The molecule has 0 bridgehead atoms. The minimum atomic E-state index is -0.852. The van der Waals surface area contributed by atoms with E-state index in [4.69, 9.17) is 10.5 Å². The number of nitrogens with one attached hydrogen (secondary N) is 3. The largest absolute Gasteiger partial charge is 0.495 e. The predicted octanol–water partition coefficient (Wildman–Crippen LogP) is 2.15. The molecule has 0 saturated carbocycles. The van der Waals surface area contributed by atoms with Gasteiger partial charge in [0.15, 0.2) is 5.71 Å². The van der Waals surface area contributed by atoms with Gasteiger partial charge < -0.3 is 15.8 Å². The number of rotatable bonds is 7. The van der Waals surface area contributed by atoms with Gasteiger partial charge in [0.1, 0.15) is 5.75 Å². The number of ether oxygens (including phenoxy) is 1. The van der Waals surface area contributed by atoms with Crippen LogP contribution in [0.25, 0.3) is 0 Å². The molecule has 27 heavy (non-hydrogen) atoms. The van der Waals surface area contributed by atoms with Crippen molar-refractivity contribution >= 4 is 34.7 Å². The van der Waals surface area contributed by atoms with E-state index in [9.17, 15) is 9.59 Å². The number of anilines is 2. The van der Waals surface area contributed by atoms with Crippen molar-refractivity contribution in [1.82, 2.24) is 5.43 Å². The highest BCUT2D eigenvalue weighted by Gasteiger charge is 2.18. The van der Waals surface area contributed by atoms with Crippen LogP contribution in [0.4, 0.5) is 16.2 Å². The van der Waals surface area contributed by atoms with Gasteiger partial charge in [-0.25, -0.2) is 10.2 Å². The fourth-order valence-electron chi connectivity index (χ4n) is 2.05.